The molecule has 2 atom stereocenters. The van der Waals surface area contributed by atoms with Crippen LogP contribution in [0.5, 0.6) is 23.0 Å². The zero-order chi connectivity index (χ0) is 34.8. The van der Waals surface area contributed by atoms with E-state index in [1.807, 2.05) is 56.3 Å². The second-order valence-corrected chi connectivity index (χ2v) is 11.0. The molecular weight excluding hydrogens is 628 g/mol. The lowest BCUT2D eigenvalue weighted by Gasteiger charge is -2.28. The fourth-order valence-corrected chi connectivity index (χ4v) is 5.39. The smallest absolute Gasteiger partial charge is 0.337 e. The van der Waals surface area contributed by atoms with Crippen LogP contribution in [-0.4, -0.2) is 56.5 Å². The zero-order valence-corrected chi connectivity index (χ0v) is 27.8. The van der Waals surface area contributed by atoms with Gasteiger partial charge in [0.2, 0.25) is 0 Å². The molecule has 1 heterocycles. The van der Waals surface area contributed by atoms with Crippen molar-refractivity contribution in [2.45, 2.75) is 39.6 Å². The molecule has 0 spiro atoms. The molecule has 0 saturated carbocycles. The average Bonchev–Trinajstić information content (AvgIpc) is 3.10. The minimum Gasteiger partial charge on any atom is -0.490 e. The largest absolute Gasteiger partial charge is 0.490 e. The van der Waals surface area contributed by atoms with Gasteiger partial charge in [0.1, 0.15) is 13.2 Å². The van der Waals surface area contributed by atoms with Gasteiger partial charge in [-0.1, -0.05) is 48.5 Å². The van der Waals surface area contributed by atoms with Crippen LogP contribution in [0.3, 0.4) is 0 Å². The van der Waals surface area contributed by atoms with Crippen molar-refractivity contribution in [2.24, 2.45) is 5.10 Å². The van der Waals surface area contributed by atoms with Gasteiger partial charge in [-0.15, -0.1) is 0 Å². The van der Waals surface area contributed by atoms with E-state index in [-0.39, 0.29) is 12.2 Å². The molecule has 12 heteroatoms. The van der Waals surface area contributed by atoms with Crippen LogP contribution >= 0.6 is 0 Å². The number of methoxy groups -OCH3 is 1. The first-order valence-electron chi connectivity index (χ1n) is 15.9. The highest BCUT2D eigenvalue weighted by Crippen LogP contribution is 2.35. The quantitative estimate of drug-likeness (QED) is 0.0570. The number of hydrogen-bond acceptors (Lipinski definition) is 10. The molecule has 2 amide bonds. The second kappa shape index (κ2) is 16.4. The molecular formula is C37H40N4O8. The summed E-state index contributed by atoms with van der Waals surface area (Å²) in [6, 6.07) is 23.6. The van der Waals surface area contributed by atoms with E-state index in [9.17, 15) is 14.7 Å². The van der Waals surface area contributed by atoms with Gasteiger partial charge >= 0.3 is 12.0 Å². The minimum atomic E-state index is -1.15. The van der Waals surface area contributed by atoms with Crippen molar-refractivity contribution >= 4 is 29.0 Å². The van der Waals surface area contributed by atoms with Gasteiger partial charge in [-0.2, -0.15) is 5.10 Å². The summed E-state index contributed by atoms with van der Waals surface area (Å²) >= 11 is 0. The highest BCUT2D eigenvalue weighted by atomic mass is 16.5. The van der Waals surface area contributed by atoms with Crippen LogP contribution in [-0.2, 0) is 16.1 Å². The number of ether oxygens (including phenoxy) is 5. The Labute approximate surface area is 284 Å². The Morgan fingerprint density at radius 2 is 1.63 bits per heavy atom. The van der Waals surface area contributed by atoms with Crippen LogP contribution in [0.25, 0.3) is 10.8 Å². The van der Waals surface area contributed by atoms with Crippen molar-refractivity contribution in [3.05, 3.63) is 107 Å². The van der Waals surface area contributed by atoms with E-state index in [1.54, 1.807) is 31.3 Å². The minimum absolute atomic E-state index is 0.154. The average molecular weight is 669 g/mol. The molecule has 12 nitrogen and oxygen atoms in total. The first-order chi connectivity index (χ1) is 23.8. The van der Waals surface area contributed by atoms with E-state index < -0.39 is 24.3 Å². The number of aliphatic hydroxyl groups excluding tert-OH is 1. The molecule has 4 aromatic carbocycles. The summed E-state index contributed by atoms with van der Waals surface area (Å²) in [7, 11) is 1.28. The van der Waals surface area contributed by atoms with Gasteiger partial charge in [0.25, 0.3) is 0 Å². The standard InChI is InChI=1S/C37H40N4O8/c1-5-46-31-18-24(14-16-29(31)48-21-27-12-9-11-25-10-7-8-13-28(25)27)20-38-41-33(42)22-49-30-17-15-26(19-32(30)47-6-2)35-34(36(43)45-4)23(3)39-37(44)40-35/h7-20,33,35,41-42H,5-6,21-22H2,1-4H3,(H2,39,40,44)/b38-20-/t33-,35-/m1/s1. The van der Waals surface area contributed by atoms with Crippen LogP contribution in [0, 0.1) is 0 Å². The van der Waals surface area contributed by atoms with Crippen molar-refractivity contribution in [3.8, 4) is 23.0 Å². The lowest BCUT2D eigenvalue weighted by atomic mass is 9.95. The number of aliphatic hydroxyl groups is 1. The Morgan fingerprint density at radius 1 is 0.918 bits per heavy atom. The Hall–Kier alpha value is -5.75. The summed E-state index contributed by atoms with van der Waals surface area (Å²) in [5, 5.41) is 22.3. The number of hydrogen-bond donors (Lipinski definition) is 4. The number of nitrogens with one attached hydrogen (secondary N) is 3. The van der Waals surface area contributed by atoms with Crippen LogP contribution < -0.4 is 35.0 Å². The van der Waals surface area contributed by atoms with E-state index in [1.165, 1.54) is 7.11 Å². The predicted molar refractivity (Wildman–Crippen MR) is 185 cm³/mol. The number of esters is 1. The van der Waals surface area contributed by atoms with Crippen LogP contribution in [0.15, 0.2) is 95.2 Å². The van der Waals surface area contributed by atoms with E-state index in [4.69, 9.17) is 23.7 Å². The van der Waals surface area contributed by atoms with E-state index in [0.29, 0.717) is 54.1 Å². The number of benzene rings is 4. The van der Waals surface area contributed by atoms with Gasteiger partial charge in [0, 0.05) is 5.70 Å². The molecule has 5 rings (SSSR count). The molecule has 0 fully saturated rings. The van der Waals surface area contributed by atoms with Crippen molar-refractivity contribution in [1.29, 1.82) is 0 Å². The molecule has 0 saturated heterocycles. The lowest BCUT2D eigenvalue weighted by Crippen LogP contribution is -2.45. The Bertz CT molecular complexity index is 1850. The molecule has 256 valence electrons. The number of urea groups is 1. The number of carbonyl (C=O) groups excluding carboxylic acids is 2. The lowest BCUT2D eigenvalue weighted by molar-refractivity contribution is -0.136. The zero-order valence-electron chi connectivity index (χ0n) is 27.8. The molecule has 0 radical (unpaired) electrons. The fraction of sp³-hybridized carbons (Fsp3) is 0.270. The number of fused-ring (bicyclic) bond motifs is 1. The highest BCUT2D eigenvalue weighted by molar-refractivity contribution is 5.95. The third-order valence-corrected chi connectivity index (χ3v) is 7.64. The Balaban J connectivity index is 1.20. The predicted octanol–water partition coefficient (Wildman–Crippen LogP) is 5.34. The fourth-order valence-electron chi connectivity index (χ4n) is 5.39. The van der Waals surface area contributed by atoms with Crippen molar-refractivity contribution < 1.29 is 38.4 Å². The van der Waals surface area contributed by atoms with E-state index in [0.717, 1.165) is 21.9 Å². The van der Waals surface area contributed by atoms with Gasteiger partial charge < -0.3 is 39.4 Å². The number of allylic oxidation sites excluding steroid dienone is 1. The summed E-state index contributed by atoms with van der Waals surface area (Å²) < 4.78 is 28.6. The van der Waals surface area contributed by atoms with Crippen molar-refractivity contribution in [1.82, 2.24) is 16.1 Å². The molecule has 0 aliphatic carbocycles. The summed E-state index contributed by atoms with van der Waals surface area (Å²) in [6.45, 7) is 6.37. The number of carbonyl (C=O) groups is 2. The van der Waals surface area contributed by atoms with Crippen molar-refractivity contribution in [2.75, 3.05) is 26.9 Å². The molecule has 1 aliphatic heterocycles. The third kappa shape index (κ3) is 8.59. The summed E-state index contributed by atoms with van der Waals surface area (Å²) in [6.07, 6.45) is 0.405. The first kappa shape index (κ1) is 34.6. The van der Waals surface area contributed by atoms with Crippen molar-refractivity contribution in [3.63, 3.8) is 0 Å². The van der Waals surface area contributed by atoms with Gasteiger partial charge in [0.05, 0.1) is 38.2 Å². The SMILES string of the molecule is CCOc1cc(/C=N\N[C@H](O)COc2ccc([C@H]3NC(=O)NC(C)=C3C(=O)OC)cc2OCC)ccc1OCc1cccc2ccccc12. The van der Waals surface area contributed by atoms with E-state index in [2.05, 4.69) is 39.4 Å². The van der Waals surface area contributed by atoms with Gasteiger partial charge in [-0.3, -0.25) is 5.43 Å². The monoisotopic (exact) mass is 668 g/mol. The number of rotatable bonds is 15. The molecule has 0 aromatic heterocycles. The third-order valence-electron chi connectivity index (χ3n) is 7.64. The first-order valence-corrected chi connectivity index (χ1v) is 15.9. The molecule has 0 unspecified atom stereocenters. The van der Waals surface area contributed by atoms with Gasteiger partial charge in [-0.05, 0) is 78.6 Å². The van der Waals surface area contributed by atoms with Gasteiger partial charge in [0.15, 0.2) is 29.2 Å². The number of hydrazone groups is 1. The summed E-state index contributed by atoms with van der Waals surface area (Å²) in [4.78, 5) is 24.7. The molecule has 0 bridgehead atoms. The highest BCUT2D eigenvalue weighted by Gasteiger charge is 2.32. The number of nitrogens with zero attached hydrogens (tertiary/aromatic N) is 1. The molecule has 49 heavy (non-hydrogen) atoms. The Kier molecular flexibility index (Phi) is 11.6. The molecule has 4 N–H and O–H groups in total. The maximum atomic E-state index is 12.5. The molecule has 4 aromatic rings. The van der Waals surface area contributed by atoms with Crippen LogP contribution in [0.1, 0.15) is 43.5 Å². The summed E-state index contributed by atoms with van der Waals surface area (Å²) in [5.74, 6) is 1.35. The maximum Gasteiger partial charge on any atom is 0.337 e. The van der Waals surface area contributed by atoms with Crippen LogP contribution in [0.4, 0.5) is 4.79 Å². The van der Waals surface area contributed by atoms with Crippen LogP contribution in [0.2, 0.25) is 0 Å². The normalized spacial score (nSPS) is 15.0. The maximum absolute atomic E-state index is 12.5. The van der Waals surface area contributed by atoms with Gasteiger partial charge in [-0.25, -0.2) is 9.59 Å². The summed E-state index contributed by atoms with van der Waals surface area (Å²) in [5.41, 5.74) is 5.71. The van der Waals surface area contributed by atoms with E-state index >= 15 is 0 Å². The topological polar surface area (TPSA) is 149 Å². The second-order valence-electron chi connectivity index (χ2n) is 11.0. The molecule has 1 aliphatic rings. The Morgan fingerprint density at radius 3 is 2.41 bits per heavy atom. The number of amides is 2.